The second kappa shape index (κ2) is 7.93. The number of halogens is 5. The molecule has 0 fully saturated rings. The predicted octanol–water partition coefficient (Wildman–Crippen LogP) is 2.59. The van der Waals surface area contributed by atoms with Crippen LogP contribution in [0.25, 0.3) is 0 Å². The molecule has 0 saturated carbocycles. The molecule has 8 heteroatoms. The Morgan fingerprint density at radius 2 is 1.95 bits per heavy atom. The number of aliphatic hydroxyl groups is 2. The van der Waals surface area contributed by atoms with Gasteiger partial charge in [0.25, 0.3) is 0 Å². The van der Waals surface area contributed by atoms with Crippen LogP contribution < -0.4 is 0 Å². The highest BCUT2D eigenvalue weighted by Gasteiger charge is 2.28. The molecular formula is C13H16ClF4NO2. The second-order valence-electron chi connectivity index (χ2n) is 4.69. The molecule has 0 aliphatic carbocycles. The average molecular weight is 330 g/mol. The monoisotopic (exact) mass is 329 g/mol. The van der Waals surface area contributed by atoms with E-state index >= 15 is 0 Å². The average Bonchev–Trinajstić information content (AvgIpc) is 2.39. The predicted molar refractivity (Wildman–Crippen MR) is 70.5 cm³/mol. The molecule has 2 N–H and O–H groups in total. The standard InChI is InChI=1S/C13H16ClF4NO2/c14-11-5-9(1-2-12(11)15)6-19(7-10(21)8-20)4-3-13(16,17)18/h1-2,5,10,20-21H,3-4,6-8H2/t10-/m0/s1. The van der Waals surface area contributed by atoms with Crippen molar-refractivity contribution in [2.75, 3.05) is 19.7 Å². The van der Waals surface area contributed by atoms with Crippen molar-refractivity contribution in [1.82, 2.24) is 4.90 Å². The molecule has 120 valence electrons. The minimum Gasteiger partial charge on any atom is -0.394 e. The number of alkyl halides is 3. The lowest BCUT2D eigenvalue weighted by molar-refractivity contribution is -0.139. The lowest BCUT2D eigenvalue weighted by Crippen LogP contribution is -2.36. The van der Waals surface area contributed by atoms with Gasteiger partial charge in [0.05, 0.1) is 24.2 Å². The first-order valence-electron chi connectivity index (χ1n) is 6.23. The largest absolute Gasteiger partial charge is 0.394 e. The molecule has 0 unspecified atom stereocenters. The van der Waals surface area contributed by atoms with Crippen LogP contribution in [-0.4, -0.2) is 47.1 Å². The third kappa shape index (κ3) is 7.08. The molecule has 1 aromatic rings. The molecule has 0 heterocycles. The number of benzene rings is 1. The van der Waals surface area contributed by atoms with Gasteiger partial charge in [-0.25, -0.2) is 4.39 Å². The maximum atomic E-state index is 13.0. The van der Waals surface area contributed by atoms with Crippen molar-refractivity contribution in [3.63, 3.8) is 0 Å². The molecule has 1 rings (SSSR count). The Morgan fingerprint density at radius 1 is 1.29 bits per heavy atom. The molecule has 0 aromatic heterocycles. The van der Waals surface area contributed by atoms with E-state index in [1.54, 1.807) is 0 Å². The van der Waals surface area contributed by atoms with Crippen LogP contribution in [0.2, 0.25) is 5.02 Å². The third-order valence-corrected chi connectivity index (χ3v) is 3.07. The fourth-order valence-corrected chi connectivity index (χ4v) is 1.97. The van der Waals surface area contributed by atoms with E-state index in [1.165, 1.54) is 17.0 Å². The molecule has 0 aliphatic rings. The van der Waals surface area contributed by atoms with E-state index in [4.69, 9.17) is 16.7 Å². The first-order valence-corrected chi connectivity index (χ1v) is 6.61. The summed E-state index contributed by atoms with van der Waals surface area (Å²) < 4.78 is 49.9. The maximum absolute atomic E-state index is 13.0. The number of hydrogen-bond acceptors (Lipinski definition) is 3. The first kappa shape index (κ1) is 18.2. The van der Waals surface area contributed by atoms with Crippen LogP contribution in [0.3, 0.4) is 0 Å². The summed E-state index contributed by atoms with van der Waals surface area (Å²) in [4.78, 5) is 1.33. The van der Waals surface area contributed by atoms with Gasteiger partial charge in [-0.2, -0.15) is 13.2 Å². The molecule has 3 nitrogen and oxygen atoms in total. The first-order chi connectivity index (χ1) is 9.71. The van der Waals surface area contributed by atoms with Gasteiger partial charge in [0.15, 0.2) is 0 Å². The Morgan fingerprint density at radius 3 is 2.48 bits per heavy atom. The zero-order valence-corrected chi connectivity index (χ0v) is 11.8. The SMILES string of the molecule is OC[C@@H](O)CN(CCC(F)(F)F)Cc1ccc(F)c(Cl)c1. The van der Waals surface area contributed by atoms with Gasteiger partial charge in [-0.15, -0.1) is 0 Å². The van der Waals surface area contributed by atoms with E-state index < -0.39 is 31.1 Å². The number of nitrogens with zero attached hydrogens (tertiary/aromatic N) is 1. The third-order valence-electron chi connectivity index (χ3n) is 2.78. The molecule has 0 bridgehead atoms. The summed E-state index contributed by atoms with van der Waals surface area (Å²) in [5.74, 6) is -0.613. The summed E-state index contributed by atoms with van der Waals surface area (Å²) in [6, 6.07) is 3.86. The summed E-state index contributed by atoms with van der Waals surface area (Å²) >= 11 is 5.62. The molecule has 21 heavy (non-hydrogen) atoms. The van der Waals surface area contributed by atoms with Crippen molar-refractivity contribution in [2.24, 2.45) is 0 Å². The van der Waals surface area contributed by atoms with Crippen LogP contribution in [0.5, 0.6) is 0 Å². The van der Waals surface area contributed by atoms with E-state index in [1.807, 2.05) is 0 Å². The van der Waals surface area contributed by atoms with E-state index in [9.17, 15) is 22.7 Å². The van der Waals surface area contributed by atoms with Crippen LogP contribution in [0.1, 0.15) is 12.0 Å². The zero-order chi connectivity index (χ0) is 16.0. The van der Waals surface area contributed by atoms with Crippen LogP contribution in [0.15, 0.2) is 18.2 Å². The van der Waals surface area contributed by atoms with Crippen molar-refractivity contribution in [2.45, 2.75) is 25.2 Å². The van der Waals surface area contributed by atoms with Crippen molar-refractivity contribution >= 4 is 11.6 Å². The minimum absolute atomic E-state index is 0.0626. The van der Waals surface area contributed by atoms with Gasteiger partial charge in [-0.05, 0) is 17.7 Å². The van der Waals surface area contributed by atoms with E-state index in [2.05, 4.69) is 0 Å². The van der Waals surface area contributed by atoms with E-state index in [0.717, 1.165) is 6.07 Å². The summed E-state index contributed by atoms with van der Waals surface area (Å²) in [5.41, 5.74) is 0.522. The van der Waals surface area contributed by atoms with Gasteiger partial charge in [0.2, 0.25) is 0 Å². The van der Waals surface area contributed by atoms with Gasteiger partial charge in [0.1, 0.15) is 5.82 Å². The smallest absolute Gasteiger partial charge is 0.390 e. The molecular weight excluding hydrogens is 314 g/mol. The normalized spacial score (nSPS) is 13.7. The quantitative estimate of drug-likeness (QED) is 0.756. The van der Waals surface area contributed by atoms with Gasteiger partial charge in [-0.3, -0.25) is 4.90 Å². The van der Waals surface area contributed by atoms with Crippen molar-refractivity contribution in [3.8, 4) is 0 Å². The Labute approximate surface area is 124 Å². The Bertz CT molecular complexity index is 456. The second-order valence-corrected chi connectivity index (χ2v) is 5.09. The van der Waals surface area contributed by atoms with Crippen LogP contribution in [-0.2, 0) is 6.54 Å². The summed E-state index contributed by atoms with van der Waals surface area (Å²) in [7, 11) is 0. The highest BCUT2D eigenvalue weighted by Crippen LogP contribution is 2.21. The molecule has 0 radical (unpaired) electrons. The van der Waals surface area contributed by atoms with Crippen LogP contribution in [0, 0.1) is 5.82 Å². The van der Waals surface area contributed by atoms with Gasteiger partial charge < -0.3 is 10.2 Å². The van der Waals surface area contributed by atoms with Gasteiger partial charge >= 0.3 is 6.18 Å². The Kier molecular flexibility index (Phi) is 6.86. The lowest BCUT2D eigenvalue weighted by Gasteiger charge is -2.25. The Balaban J connectivity index is 2.72. The Hall–Kier alpha value is -0.890. The summed E-state index contributed by atoms with van der Waals surface area (Å²) in [6.45, 7) is -0.947. The van der Waals surface area contributed by atoms with Gasteiger partial charge in [0, 0.05) is 19.6 Å². The van der Waals surface area contributed by atoms with Gasteiger partial charge in [-0.1, -0.05) is 17.7 Å². The number of aliphatic hydroxyl groups excluding tert-OH is 2. The number of hydrogen-bond donors (Lipinski definition) is 2. The summed E-state index contributed by atoms with van der Waals surface area (Å²) in [6.07, 6.45) is -6.50. The number of rotatable bonds is 7. The van der Waals surface area contributed by atoms with E-state index in [-0.39, 0.29) is 24.7 Å². The van der Waals surface area contributed by atoms with Crippen LogP contribution >= 0.6 is 11.6 Å². The fraction of sp³-hybridized carbons (Fsp3) is 0.538. The van der Waals surface area contributed by atoms with Crippen LogP contribution in [0.4, 0.5) is 17.6 Å². The van der Waals surface area contributed by atoms with Crippen molar-refractivity contribution < 1.29 is 27.8 Å². The van der Waals surface area contributed by atoms with Crippen molar-refractivity contribution in [1.29, 1.82) is 0 Å². The summed E-state index contributed by atoms with van der Waals surface area (Å²) in [5, 5.41) is 18.0. The topological polar surface area (TPSA) is 43.7 Å². The maximum Gasteiger partial charge on any atom is 0.390 e. The highest BCUT2D eigenvalue weighted by atomic mass is 35.5. The lowest BCUT2D eigenvalue weighted by atomic mass is 10.2. The molecule has 1 atom stereocenters. The molecule has 0 aliphatic heterocycles. The van der Waals surface area contributed by atoms with Crippen molar-refractivity contribution in [3.05, 3.63) is 34.6 Å². The highest BCUT2D eigenvalue weighted by molar-refractivity contribution is 6.30. The molecule has 0 spiro atoms. The fourth-order valence-electron chi connectivity index (χ4n) is 1.77. The molecule has 0 saturated heterocycles. The van der Waals surface area contributed by atoms with E-state index in [0.29, 0.717) is 5.56 Å². The minimum atomic E-state index is -4.32. The zero-order valence-electron chi connectivity index (χ0n) is 11.1. The molecule has 0 amide bonds. The molecule has 1 aromatic carbocycles.